The van der Waals surface area contributed by atoms with E-state index in [0.717, 1.165) is 6.20 Å². The largest absolute Gasteiger partial charge is 0.447 e. The average molecular weight is 228 g/mol. The number of nitro groups is 1. The Balaban J connectivity index is 2.80. The normalized spacial score (nSPS) is 11.1. The van der Waals surface area contributed by atoms with E-state index in [4.69, 9.17) is 5.73 Å². The Morgan fingerprint density at radius 2 is 2.38 bits per heavy atom. The lowest BCUT2D eigenvalue weighted by Gasteiger charge is -2.23. The second-order valence-electron chi connectivity index (χ2n) is 3.82. The number of rotatable bonds is 4. The Labute approximate surface area is 91.1 Å². The molecule has 0 radical (unpaired) electrons. The zero-order chi connectivity index (χ0) is 12.3. The van der Waals surface area contributed by atoms with Crippen molar-refractivity contribution in [1.82, 2.24) is 9.78 Å². The molecule has 0 saturated carbocycles. The third kappa shape index (κ3) is 2.69. The Kier molecular flexibility index (Phi) is 3.11. The van der Waals surface area contributed by atoms with Crippen molar-refractivity contribution in [3.05, 3.63) is 22.5 Å². The zero-order valence-corrected chi connectivity index (χ0v) is 8.91. The van der Waals surface area contributed by atoms with E-state index < -0.39 is 16.6 Å². The lowest BCUT2D eigenvalue weighted by atomic mass is 10.1. The first-order chi connectivity index (χ1) is 7.33. The molecule has 2 N–H and O–H groups in total. The van der Waals surface area contributed by atoms with Gasteiger partial charge in [0.25, 0.3) is 0 Å². The highest BCUT2D eigenvalue weighted by Gasteiger charge is 2.25. The van der Waals surface area contributed by atoms with Crippen LogP contribution in [-0.4, -0.2) is 27.4 Å². The van der Waals surface area contributed by atoms with E-state index in [1.807, 2.05) is 0 Å². The second kappa shape index (κ2) is 4.17. The molecule has 0 saturated heterocycles. The maximum Gasteiger partial charge on any atom is 0.404 e. The molecule has 0 bridgehead atoms. The van der Waals surface area contributed by atoms with Crippen LogP contribution in [0.15, 0.2) is 12.4 Å². The summed E-state index contributed by atoms with van der Waals surface area (Å²) in [6, 6.07) is 0. The van der Waals surface area contributed by atoms with Crippen LogP contribution in [-0.2, 0) is 10.3 Å². The number of carbonyl (C=O) groups is 1. The van der Waals surface area contributed by atoms with Gasteiger partial charge >= 0.3 is 11.8 Å². The summed E-state index contributed by atoms with van der Waals surface area (Å²) >= 11 is 0. The molecule has 0 aromatic carbocycles. The van der Waals surface area contributed by atoms with Crippen molar-refractivity contribution in [3.63, 3.8) is 0 Å². The van der Waals surface area contributed by atoms with Crippen LogP contribution in [0.5, 0.6) is 0 Å². The zero-order valence-electron chi connectivity index (χ0n) is 8.91. The van der Waals surface area contributed by atoms with Gasteiger partial charge in [-0.2, -0.15) is 5.10 Å². The summed E-state index contributed by atoms with van der Waals surface area (Å²) in [5, 5.41) is 14.3. The van der Waals surface area contributed by atoms with Gasteiger partial charge in [-0.1, -0.05) is 0 Å². The van der Waals surface area contributed by atoms with Gasteiger partial charge < -0.3 is 10.5 Å². The SMILES string of the molecule is CC(C)(COC(N)=O)n1cc([N+](=O)[O-])cn1. The summed E-state index contributed by atoms with van der Waals surface area (Å²) in [5.74, 6) is 0. The first-order valence-corrected chi connectivity index (χ1v) is 4.45. The molecule has 1 aromatic rings. The quantitative estimate of drug-likeness (QED) is 0.599. The summed E-state index contributed by atoms with van der Waals surface area (Å²) < 4.78 is 5.99. The van der Waals surface area contributed by atoms with Crippen LogP contribution in [0, 0.1) is 10.1 Å². The lowest BCUT2D eigenvalue weighted by molar-refractivity contribution is -0.385. The summed E-state index contributed by atoms with van der Waals surface area (Å²) in [5.41, 5.74) is 4.02. The molecule has 1 amide bonds. The van der Waals surface area contributed by atoms with Crippen LogP contribution in [0.2, 0.25) is 0 Å². The van der Waals surface area contributed by atoms with Crippen molar-refractivity contribution < 1.29 is 14.5 Å². The van der Waals surface area contributed by atoms with E-state index in [1.165, 1.54) is 10.9 Å². The summed E-state index contributed by atoms with van der Waals surface area (Å²) in [4.78, 5) is 20.4. The van der Waals surface area contributed by atoms with Gasteiger partial charge in [-0.25, -0.2) is 4.79 Å². The minimum Gasteiger partial charge on any atom is -0.447 e. The minimum atomic E-state index is -0.894. The molecule has 0 atom stereocenters. The molecule has 0 aliphatic rings. The van der Waals surface area contributed by atoms with Gasteiger partial charge in [0.2, 0.25) is 0 Å². The number of hydrogen-bond acceptors (Lipinski definition) is 5. The van der Waals surface area contributed by atoms with Gasteiger partial charge in [0.05, 0.1) is 10.5 Å². The fourth-order valence-electron chi connectivity index (χ4n) is 1.05. The van der Waals surface area contributed by atoms with E-state index in [9.17, 15) is 14.9 Å². The molecule has 8 nitrogen and oxygen atoms in total. The van der Waals surface area contributed by atoms with Crippen molar-refractivity contribution in [2.24, 2.45) is 5.73 Å². The highest BCUT2D eigenvalue weighted by Crippen LogP contribution is 2.18. The molecule has 0 spiro atoms. The molecule has 1 rings (SSSR count). The molecule has 1 aromatic heterocycles. The molecule has 88 valence electrons. The third-order valence-corrected chi connectivity index (χ3v) is 1.97. The van der Waals surface area contributed by atoms with Crippen molar-refractivity contribution in [2.45, 2.75) is 19.4 Å². The Hall–Kier alpha value is -2.12. The maximum absolute atomic E-state index is 10.5. The Morgan fingerprint density at radius 1 is 1.75 bits per heavy atom. The molecule has 0 aliphatic carbocycles. The number of amides is 1. The van der Waals surface area contributed by atoms with Gasteiger partial charge in [-0.3, -0.25) is 14.8 Å². The number of primary amides is 1. The van der Waals surface area contributed by atoms with Crippen LogP contribution in [0.1, 0.15) is 13.8 Å². The summed E-state index contributed by atoms with van der Waals surface area (Å²) in [7, 11) is 0. The van der Waals surface area contributed by atoms with Crippen LogP contribution in [0.4, 0.5) is 10.5 Å². The van der Waals surface area contributed by atoms with E-state index in [2.05, 4.69) is 9.84 Å². The number of nitrogens with zero attached hydrogens (tertiary/aromatic N) is 3. The number of carbonyl (C=O) groups excluding carboxylic acids is 1. The van der Waals surface area contributed by atoms with E-state index in [-0.39, 0.29) is 12.3 Å². The number of ether oxygens (including phenoxy) is 1. The molecule has 1 heterocycles. The monoisotopic (exact) mass is 228 g/mol. The summed E-state index contributed by atoms with van der Waals surface area (Å²) in [6.45, 7) is 3.42. The molecular formula is C8H12N4O4. The van der Waals surface area contributed by atoms with E-state index >= 15 is 0 Å². The number of hydrogen-bond donors (Lipinski definition) is 1. The van der Waals surface area contributed by atoms with Crippen LogP contribution < -0.4 is 5.73 Å². The predicted octanol–water partition coefficient (Wildman–Crippen LogP) is 0.622. The van der Waals surface area contributed by atoms with Gasteiger partial charge in [0.1, 0.15) is 19.0 Å². The van der Waals surface area contributed by atoms with Crippen molar-refractivity contribution >= 4 is 11.8 Å². The number of aromatic nitrogens is 2. The third-order valence-electron chi connectivity index (χ3n) is 1.97. The molecule has 0 fully saturated rings. The Bertz CT molecular complexity index is 412. The smallest absolute Gasteiger partial charge is 0.404 e. The average Bonchev–Trinajstić information content (AvgIpc) is 2.64. The fourth-order valence-corrected chi connectivity index (χ4v) is 1.05. The van der Waals surface area contributed by atoms with Crippen molar-refractivity contribution in [3.8, 4) is 0 Å². The van der Waals surface area contributed by atoms with Gasteiger partial charge in [-0.15, -0.1) is 0 Å². The van der Waals surface area contributed by atoms with Gasteiger partial charge in [-0.05, 0) is 13.8 Å². The molecule has 0 unspecified atom stereocenters. The maximum atomic E-state index is 10.5. The topological polar surface area (TPSA) is 113 Å². The first-order valence-electron chi connectivity index (χ1n) is 4.45. The second-order valence-corrected chi connectivity index (χ2v) is 3.82. The minimum absolute atomic E-state index is 0.0127. The highest BCUT2D eigenvalue weighted by atomic mass is 16.6. The van der Waals surface area contributed by atoms with E-state index in [1.54, 1.807) is 13.8 Å². The van der Waals surface area contributed by atoms with Crippen LogP contribution in [0.25, 0.3) is 0 Å². The van der Waals surface area contributed by atoms with Gasteiger partial charge in [0.15, 0.2) is 0 Å². The summed E-state index contributed by atoms with van der Waals surface area (Å²) in [6.07, 6.45) is 1.51. The molecule has 0 aliphatic heterocycles. The van der Waals surface area contributed by atoms with Crippen molar-refractivity contribution in [1.29, 1.82) is 0 Å². The van der Waals surface area contributed by atoms with Crippen LogP contribution in [0.3, 0.4) is 0 Å². The molecular weight excluding hydrogens is 216 g/mol. The first kappa shape index (κ1) is 12.0. The van der Waals surface area contributed by atoms with E-state index in [0.29, 0.717) is 0 Å². The van der Waals surface area contributed by atoms with Crippen LogP contribution >= 0.6 is 0 Å². The lowest BCUT2D eigenvalue weighted by Crippen LogP contribution is -2.34. The Morgan fingerprint density at radius 3 is 2.81 bits per heavy atom. The molecule has 16 heavy (non-hydrogen) atoms. The molecule has 8 heteroatoms. The number of nitrogens with two attached hydrogens (primary N) is 1. The van der Waals surface area contributed by atoms with Crippen molar-refractivity contribution in [2.75, 3.05) is 6.61 Å². The fraction of sp³-hybridized carbons (Fsp3) is 0.500. The standard InChI is InChI=1S/C8H12N4O4/c1-8(2,5-16-7(9)13)11-4-6(3-10-11)12(14)15/h3-4H,5H2,1-2H3,(H2,9,13). The van der Waals surface area contributed by atoms with Gasteiger partial charge in [0, 0.05) is 0 Å². The highest BCUT2D eigenvalue weighted by molar-refractivity contribution is 5.64. The predicted molar refractivity (Wildman–Crippen MR) is 53.7 cm³/mol.